The summed E-state index contributed by atoms with van der Waals surface area (Å²) in [7, 11) is 0. The fourth-order valence-electron chi connectivity index (χ4n) is 3.00. The van der Waals surface area contributed by atoms with Crippen LogP contribution in [-0.4, -0.2) is 24.1 Å². The second-order valence-corrected chi connectivity index (χ2v) is 5.80. The van der Waals surface area contributed by atoms with Crippen molar-refractivity contribution >= 4 is 21.7 Å². The van der Waals surface area contributed by atoms with E-state index in [9.17, 15) is 0 Å². The maximum Gasteiger partial charge on any atom is 0.143 e. The molecular weight excluding hydrogens is 290 g/mol. The van der Waals surface area contributed by atoms with Gasteiger partial charge >= 0.3 is 0 Å². The zero-order chi connectivity index (χ0) is 13.0. The molecule has 3 nitrogen and oxygen atoms in total. The molecular formula is C14H22BrN3. The zero-order valence-corrected chi connectivity index (χ0v) is 12.6. The SMILES string of the molecule is CCN(c1ncccc1Br)C1CCCCC1CN. The van der Waals surface area contributed by atoms with Gasteiger partial charge in [0.25, 0.3) is 0 Å². The van der Waals surface area contributed by atoms with Crippen molar-refractivity contribution in [2.75, 3.05) is 18.0 Å². The molecule has 0 spiro atoms. The molecule has 0 aliphatic heterocycles. The number of hydrogen-bond acceptors (Lipinski definition) is 3. The van der Waals surface area contributed by atoms with Crippen molar-refractivity contribution in [3.63, 3.8) is 0 Å². The first-order valence-electron chi connectivity index (χ1n) is 6.85. The Morgan fingerprint density at radius 3 is 2.89 bits per heavy atom. The Hall–Kier alpha value is -0.610. The van der Waals surface area contributed by atoms with Crippen LogP contribution < -0.4 is 10.6 Å². The van der Waals surface area contributed by atoms with E-state index < -0.39 is 0 Å². The Bertz CT molecular complexity index is 383. The molecule has 0 bridgehead atoms. The molecule has 1 saturated carbocycles. The quantitative estimate of drug-likeness (QED) is 0.928. The van der Waals surface area contributed by atoms with Gasteiger partial charge in [-0.05, 0) is 60.3 Å². The molecule has 18 heavy (non-hydrogen) atoms. The molecule has 2 unspecified atom stereocenters. The van der Waals surface area contributed by atoms with E-state index in [0.717, 1.165) is 23.4 Å². The van der Waals surface area contributed by atoms with Crippen molar-refractivity contribution in [2.24, 2.45) is 11.7 Å². The van der Waals surface area contributed by atoms with E-state index in [0.29, 0.717) is 12.0 Å². The number of hydrogen-bond donors (Lipinski definition) is 1. The Labute approximate surface area is 118 Å². The van der Waals surface area contributed by atoms with Gasteiger partial charge in [-0.25, -0.2) is 4.98 Å². The molecule has 2 rings (SSSR count). The molecule has 1 aliphatic rings. The summed E-state index contributed by atoms with van der Waals surface area (Å²) in [4.78, 5) is 6.95. The summed E-state index contributed by atoms with van der Waals surface area (Å²) >= 11 is 3.61. The van der Waals surface area contributed by atoms with Crippen molar-refractivity contribution in [3.05, 3.63) is 22.8 Å². The molecule has 1 fully saturated rings. The van der Waals surface area contributed by atoms with Crippen molar-refractivity contribution in [1.29, 1.82) is 0 Å². The third-order valence-corrected chi connectivity index (χ3v) is 4.54. The summed E-state index contributed by atoms with van der Waals surface area (Å²) < 4.78 is 1.08. The second kappa shape index (κ2) is 6.53. The maximum atomic E-state index is 5.94. The molecule has 1 aromatic rings. The van der Waals surface area contributed by atoms with Gasteiger partial charge in [-0.1, -0.05) is 12.8 Å². The lowest BCUT2D eigenvalue weighted by molar-refractivity contribution is 0.299. The van der Waals surface area contributed by atoms with Crippen LogP contribution in [0, 0.1) is 5.92 Å². The van der Waals surface area contributed by atoms with Gasteiger partial charge < -0.3 is 10.6 Å². The fraction of sp³-hybridized carbons (Fsp3) is 0.643. The van der Waals surface area contributed by atoms with Crippen molar-refractivity contribution in [2.45, 2.75) is 38.6 Å². The lowest BCUT2D eigenvalue weighted by Crippen LogP contribution is -2.45. The molecule has 2 atom stereocenters. The molecule has 100 valence electrons. The van der Waals surface area contributed by atoms with Gasteiger partial charge in [0.1, 0.15) is 5.82 Å². The maximum absolute atomic E-state index is 5.94. The lowest BCUT2D eigenvalue weighted by Gasteiger charge is -2.40. The molecule has 1 aromatic heterocycles. The van der Waals surface area contributed by atoms with Gasteiger partial charge in [-0.3, -0.25) is 0 Å². The van der Waals surface area contributed by atoms with E-state index in [2.05, 4.69) is 38.8 Å². The second-order valence-electron chi connectivity index (χ2n) is 4.94. The largest absolute Gasteiger partial charge is 0.353 e. The van der Waals surface area contributed by atoms with Crippen LogP contribution in [0.3, 0.4) is 0 Å². The van der Waals surface area contributed by atoms with Crippen LogP contribution in [0.5, 0.6) is 0 Å². The highest BCUT2D eigenvalue weighted by molar-refractivity contribution is 9.10. The Morgan fingerprint density at radius 1 is 1.44 bits per heavy atom. The number of halogens is 1. The zero-order valence-electron chi connectivity index (χ0n) is 11.0. The van der Waals surface area contributed by atoms with Crippen LogP contribution in [0.4, 0.5) is 5.82 Å². The summed E-state index contributed by atoms with van der Waals surface area (Å²) in [5.41, 5.74) is 5.94. The molecule has 0 saturated heterocycles. The minimum atomic E-state index is 0.542. The van der Waals surface area contributed by atoms with Crippen LogP contribution in [0.1, 0.15) is 32.6 Å². The van der Waals surface area contributed by atoms with Gasteiger partial charge in [-0.15, -0.1) is 0 Å². The molecule has 1 heterocycles. The average Bonchev–Trinajstić information content (AvgIpc) is 2.42. The highest BCUT2D eigenvalue weighted by Gasteiger charge is 2.29. The summed E-state index contributed by atoms with van der Waals surface area (Å²) in [6.07, 6.45) is 6.98. The first-order valence-corrected chi connectivity index (χ1v) is 7.64. The van der Waals surface area contributed by atoms with Gasteiger partial charge in [-0.2, -0.15) is 0 Å². The molecule has 1 aliphatic carbocycles. The number of pyridine rings is 1. The highest BCUT2D eigenvalue weighted by Crippen LogP contribution is 2.33. The summed E-state index contributed by atoms with van der Waals surface area (Å²) in [5, 5.41) is 0. The first-order chi connectivity index (χ1) is 8.77. The van der Waals surface area contributed by atoms with Gasteiger partial charge in [0.05, 0.1) is 4.47 Å². The van der Waals surface area contributed by atoms with Crippen molar-refractivity contribution < 1.29 is 0 Å². The minimum Gasteiger partial charge on any atom is -0.353 e. The highest BCUT2D eigenvalue weighted by atomic mass is 79.9. The monoisotopic (exact) mass is 311 g/mol. The Balaban J connectivity index is 2.24. The molecule has 4 heteroatoms. The summed E-state index contributed by atoms with van der Waals surface area (Å²) in [5.74, 6) is 1.66. The van der Waals surface area contributed by atoms with E-state index in [1.165, 1.54) is 25.7 Å². The van der Waals surface area contributed by atoms with E-state index >= 15 is 0 Å². The topological polar surface area (TPSA) is 42.2 Å². The van der Waals surface area contributed by atoms with Crippen LogP contribution in [0.15, 0.2) is 22.8 Å². The fourth-order valence-corrected chi connectivity index (χ4v) is 3.49. The average molecular weight is 312 g/mol. The van der Waals surface area contributed by atoms with E-state index in [-0.39, 0.29) is 0 Å². The molecule has 2 N–H and O–H groups in total. The molecule has 0 amide bonds. The third-order valence-electron chi connectivity index (χ3n) is 3.92. The van der Waals surface area contributed by atoms with Gasteiger partial charge in [0, 0.05) is 18.8 Å². The predicted molar refractivity (Wildman–Crippen MR) is 79.8 cm³/mol. The van der Waals surface area contributed by atoms with Crippen molar-refractivity contribution in [1.82, 2.24) is 4.98 Å². The van der Waals surface area contributed by atoms with Crippen molar-refractivity contribution in [3.8, 4) is 0 Å². The van der Waals surface area contributed by atoms with E-state index in [1.807, 2.05) is 12.3 Å². The standard InChI is InChI=1S/C14H22BrN3/c1-2-18(14-12(15)7-5-9-17-14)13-8-4-3-6-11(13)10-16/h5,7,9,11,13H,2-4,6,8,10,16H2,1H3. The summed E-state index contributed by atoms with van der Waals surface area (Å²) in [6.45, 7) is 3.96. The summed E-state index contributed by atoms with van der Waals surface area (Å²) in [6, 6.07) is 4.56. The Kier molecular flexibility index (Phi) is 5.01. The van der Waals surface area contributed by atoms with Gasteiger partial charge in [0.2, 0.25) is 0 Å². The van der Waals surface area contributed by atoms with Crippen LogP contribution in [0.2, 0.25) is 0 Å². The van der Waals surface area contributed by atoms with Gasteiger partial charge in [0.15, 0.2) is 0 Å². The van der Waals surface area contributed by atoms with Crippen LogP contribution >= 0.6 is 15.9 Å². The van der Waals surface area contributed by atoms with Crippen LogP contribution in [-0.2, 0) is 0 Å². The van der Waals surface area contributed by atoms with E-state index in [4.69, 9.17) is 5.73 Å². The first kappa shape index (κ1) is 13.8. The minimum absolute atomic E-state index is 0.542. The smallest absolute Gasteiger partial charge is 0.143 e. The van der Waals surface area contributed by atoms with Crippen LogP contribution in [0.25, 0.3) is 0 Å². The molecule has 0 radical (unpaired) electrons. The number of aromatic nitrogens is 1. The number of nitrogens with two attached hydrogens (primary N) is 1. The Morgan fingerprint density at radius 2 is 2.22 bits per heavy atom. The molecule has 0 aromatic carbocycles. The predicted octanol–water partition coefficient (Wildman–Crippen LogP) is 3.19. The van der Waals surface area contributed by atoms with E-state index in [1.54, 1.807) is 0 Å². The number of nitrogens with zero attached hydrogens (tertiary/aromatic N) is 2. The lowest BCUT2D eigenvalue weighted by atomic mass is 9.83. The normalized spacial score (nSPS) is 23.9. The third kappa shape index (κ3) is 2.86. The number of anilines is 1. The number of rotatable bonds is 4.